The van der Waals surface area contributed by atoms with Gasteiger partial charge in [-0.1, -0.05) is 18.2 Å². The second-order valence-corrected chi connectivity index (χ2v) is 8.69. The topological polar surface area (TPSA) is 98.6 Å². The van der Waals surface area contributed by atoms with Gasteiger partial charge in [0.1, 0.15) is 11.6 Å². The Balaban J connectivity index is 1.68. The van der Waals surface area contributed by atoms with Crippen LogP contribution >= 0.6 is 0 Å². The van der Waals surface area contributed by atoms with E-state index in [1.54, 1.807) is 0 Å². The van der Waals surface area contributed by atoms with Crippen molar-refractivity contribution < 1.29 is 19.4 Å². The standard InChI is InChI=1S/C26H24FN3O4/c1-29-19(14-30-10-2-3-11-30)13-17-12-16(6-9-20(17)29)23-21(15-4-7-18(27)8-5-15)24(31)22(26(33)34)25(32)28-23/h4-9,12-13H,2-3,10-11,14H2,1H3,(H,33,34)(H2,28,31,32). The highest BCUT2D eigenvalue weighted by atomic mass is 19.1. The van der Waals surface area contributed by atoms with E-state index >= 15 is 0 Å². The van der Waals surface area contributed by atoms with Gasteiger partial charge in [0.2, 0.25) is 0 Å². The molecule has 4 aromatic rings. The zero-order valence-corrected chi connectivity index (χ0v) is 18.6. The van der Waals surface area contributed by atoms with Gasteiger partial charge >= 0.3 is 5.97 Å². The predicted octanol–water partition coefficient (Wildman–Crippen LogP) is 4.34. The molecule has 2 aromatic heterocycles. The van der Waals surface area contributed by atoms with Crippen molar-refractivity contribution in [2.75, 3.05) is 13.1 Å². The SMILES string of the molecule is Cn1c(CN2CCCC2)cc2cc(-c3[nH]c(=O)c(C(=O)O)c(O)c3-c3ccc(F)cc3)ccc21. The number of carboxylic acids is 1. The van der Waals surface area contributed by atoms with Crippen molar-refractivity contribution >= 4 is 16.9 Å². The fourth-order valence-electron chi connectivity index (χ4n) is 4.79. The molecule has 8 heteroatoms. The van der Waals surface area contributed by atoms with Gasteiger partial charge in [-0.05, 0) is 67.4 Å². The van der Waals surface area contributed by atoms with Gasteiger partial charge in [0.25, 0.3) is 5.56 Å². The maximum atomic E-state index is 13.5. The van der Waals surface area contributed by atoms with E-state index in [1.807, 2.05) is 25.2 Å². The van der Waals surface area contributed by atoms with Crippen LogP contribution in [0.15, 0.2) is 53.3 Å². The number of nitrogens with zero attached hydrogens (tertiary/aromatic N) is 2. The van der Waals surface area contributed by atoms with Gasteiger partial charge in [-0.25, -0.2) is 9.18 Å². The van der Waals surface area contributed by atoms with Gasteiger partial charge in [-0.3, -0.25) is 9.69 Å². The summed E-state index contributed by atoms with van der Waals surface area (Å²) in [5.41, 5.74) is 1.92. The molecule has 7 nitrogen and oxygen atoms in total. The highest BCUT2D eigenvalue weighted by Gasteiger charge is 2.24. The summed E-state index contributed by atoms with van der Waals surface area (Å²) in [5, 5.41) is 21.2. The third-order valence-corrected chi connectivity index (χ3v) is 6.55. The lowest BCUT2D eigenvalue weighted by Gasteiger charge is -2.15. The molecule has 0 saturated carbocycles. The Morgan fingerprint density at radius 3 is 2.41 bits per heavy atom. The number of halogens is 1. The zero-order valence-electron chi connectivity index (χ0n) is 18.6. The number of hydrogen-bond acceptors (Lipinski definition) is 4. The molecule has 0 atom stereocenters. The molecule has 0 radical (unpaired) electrons. The van der Waals surface area contributed by atoms with E-state index in [0.717, 1.165) is 30.5 Å². The first-order chi connectivity index (χ1) is 16.3. The predicted molar refractivity (Wildman–Crippen MR) is 128 cm³/mol. The maximum absolute atomic E-state index is 13.5. The normalized spacial score (nSPS) is 14.2. The third kappa shape index (κ3) is 3.76. The van der Waals surface area contributed by atoms with Gasteiger partial charge in [-0.2, -0.15) is 0 Å². The number of hydrogen-bond donors (Lipinski definition) is 3. The summed E-state index contributed by atoms with van der Waals surface area (Å²) >= 11 is 0. The first-order valence-corrected chi connectivity index (χ1v) is 11.1. The first kappa shape index (κ1) is 21.9. The van der Waals surface area contributed by atoms with Gasteiger partial charge in [0.15, 0.2) is 5.56 Å². The Kier molecular flexibility index (Phi) is 5.45. The Bertz CT molecular complexity index is 1460. The van der Waals surface area contributed by atoms with Crippen molar-refractivity contribution in [3.05, 3.63) is 76.0 Å². The van der Waals surface area contributed by atoms with Crippen LogP contribution in [0.4, 0.5) is 4.39 Å². The molecule has 0 aliphatic carbocycles. The number of aromatic nitrogens is 2. The molecule has 5 rings (SSSR count). The van der Waals surface area contributed by atoms with Crippen LogP contribution in [-0.4, -0.2) is 43.7 Å². The Morgan fingerprint density at radius 1 is 1.06 bits per heavy atom. The first-order valence-electron chi connectivity index (χ1n) is 11.1. The number of pyridine rings is 1. The van der Waals surface area contributed by atoms with Crippen molar-refractivity contribution in [2.45, 2.75) is 19.4 Å². The zero-order chi connectivity index (χ0) is 24.0. The maximum Gasteiger partial charge on any atom is 0.345 e. The van der Waals surface area contributed by atoms with Gasteiger partial charge in [0.05, 0.1) is 5.69 Å². The summed E-state index contributed by atoms with van der Waals surface area (Å²) < 4.78 is 15.7. The summed E-state index contributed by atoms with van der Waals surface area (Å²) in [6.07, 6.45) is 2.42. The third-order valence-electron chi connectivity index (χ3n) is 6.55. The lowest BCUT2D eigenvalue weighted by atomic mass is 9.96. The molecule has 0 unspecified atom stereocenters. The number of aromatic amines is 1. The molecule has 174 valence electrons. The van der Waals surface area contributed by atoms with Crippen molar-refractivity contribution in [1.29, 1.82) is 0 Å². The quantitative estimate of drug-likeness (QED) is 0.411. The minimum absolute atomic E-state index is 0.129. The van der Waals surface area contributed by atoms with Crippen molar-refractivity contribution in [3.63, 3.8) is 0 Å². The summed E-state index contributed by atoms with van der Waals surface area (Å²) in [6, 6.07) is 13.1. The second-order valence-electron chi connectivity index (χ2n) is 8.69. The molecule has 3 heterocycles. The number of likely N-dealkylation sites (tertiary alicyclic amines) is 1. The minimum Gasteiger partial charge on any atom is -0.506 e. The second kappa shape index (κ2) is 8.46. The lowest BCUT2D eigenvalue weighted by molar-refractivity contribution is 0.0692. The number of aryl methyl sites for hydroxylation is 1. The molecule has 3 N–H and O–H groups in total. The van der Waals surface area contributed by atoms with Crippen molar-refractivity contribution in [1.82, 2.24) is 14.5 Å². The van der Waals surface area contributed by atoms with Crippen LogP contribution in [0.3, 0.4) is 0 Å². The summed E-state index contributed by atoms with van der Waals surface area (Å²) in [6.45, 7) is 3.03. The van der Waals surface area contributed by atoms with Crippen LogP contribution in [0.1, 0.15) is 28.9 Å². The molecule has 1 fully saturated rings. The summed E-state index contributed by atoms with van der Waals surface area (Å²) in [5.74, 6) is -2.66. The lowest BCUT2D eigenvalue weighted by Crippen LogP contribution is -2.19. The highest BCUT2D eigenvalue weighted by molar-refractivity contribution is 5.98. The van der Waals surface area contributed by atoms with Crippen molar-refractivity contribution in [3.8, 4) is 28.1 Å². The fraction of sp³-hybridized carbons (Fsp3) is 0.231. The van der Waals surface area contributed by atoms with Crippen LogP contribution in [0.5, 0.6) is 5.75 Å². The molecule has 1 aliphatic rings. The molecule has 0 bridgehead atoms. The van der Waals surface area contributed by atoms with Crippen molar-refractivity contribution in [2.24, 2.45) is 7.05 Å². The number of carboxylic acid groups (broad SMARTS) is 1. The largest absolute Gasteiger partial charge is 0.506 e. The molecule has 2 aromatic carbocycles. The molecule has 0 amide bonds. The Labute approximate surface area is 194 Å². The van der Waals surface area contributed by atoms with E-state index in [2.05, 4.69) is 20.5 Å². The Morgan fingerprint density at radius 2 is 1.74 bits per heavy atom. The molecule has 1 aliphatic heterocycles. The molecular formula is C26H24FN3O4. The number of carbonyl (C=O) groups is 1. The van der Waals surface area contributed by atoms with E-state index in [1.165, 1.54) is 42.8 Å². The number of rotatable bonds is 5. The van der Waals surface area contributed by atoms with Gasteiger partial charge in [-0.15, -0.1) is 0 Å². The number of fused-ring (bicyclic) bond motifs is 1. The van der Waals surface area contributed by atoms with Crippen LogP contribution in [0.2, 0.25) is 0 Å². The number of H-pyrrole nitrogens is 1. The molecule has 1 saturated heterocycles. The van der Waals surface area contributed by atoms with Crippen LogP contribution in [-0.2, 0) is 13.6 Å². The smallest absolute Gasteiger partial charge is 0.345 e. The monoisotopic (exact) mass is 461 g/mol. The van der Waals surface area contributed by atoms with Gasteiger partial charge < -0.3 is 19.8 Å². The van der Waals surface area contributed by atoms with E-state index in [4.69, 9.17) is 0 Å². The molecule has 34 heavy (non-hydrogen) atoms. The van der Waals surface area contributed by atoms with E-state index in [9.17, 15) is 24.2 Å². The summed E-state index contributed by atoms with van der Waals surface area (Å²) in [4.78, 5) is 29.3. The molecular weight excluding hydrogens is 437 g/mol. The summed E-state index contributed by atoms with van der Waals surface area (Å²) in [7, 11) is 2.02. The number of benzene rings is 2. The number of aromatic hydroxyl groups is 1. The Hall–Kier alpha value is -3.91. The number of aromatic carboxylic acids is 1. The fourth-order valence-corrected chi connectivity index (χ4v) is 4.79. The van der Waals surface area contributed by atoms with Crippen LogP contribution < -0.4 is 5.56 Å². The van der Waals surface area contributed by atoms with Gasteiger partial charge in [0, 0.05) is 35.8 Å². The average molecular weight is 461 g/mol. The average Bonchev–Trinajstić information content (AvgIpc) is 3.42. The minimum atomic E-state index is -1.54. The molecule has 0 spiro atoms. The number of nitrogens with one attached hydrogen (secondary N) is 1. The van der Waals surface area contributed by atoms with E-state index in [-0.39, 0.29) is 11.3 Å². The highest BCUT2D eigenvalue weighted by Crippen LogP contribution is 2.39. The van der Waals surface area contributed by atoms with Crippen LogP contribution in [0, 0.1) is 5.82 Å². The van der Waals surface area contributed by atoms with E-state index in [0.29, 0.717) is 11.1 Å². The van der Waals surface area contributed by atoms with E-state index < -0.39 is 28.7 Å². The van der Waals surface area contributed by atoms with Crippen LogP contribution in [0.25, 0.3) is 33.3 Å².